The van der Waals surface area contributed by atoms with Crippen LogP contribution in [0.1, 0.15) is 45.2 Å². The third-order valence-electron chi connectivity index (χ3n) is 3.75. The van der Waals surface area contributed by atoms with Crippen LogP contribution in [-0.2, 0) is 4.74 Å². The maximum Gasteiger partial charge on any atom is 0.130 e. The number of benzene rings is 1. The second-order valence-electron chi connectivity index (χ2n) is 6.72. The van der Waals surface area contributed by atoms with Gasteiger partial charge in [-0.25, -0.2) is 0 Å². The van der Waals surface area contributed by atoms with E-state index in [-0.39, 0.29) is 23.9 Å². The van der Waals surface area contributed by atoms with Gasteiger partial charge in [0.15, 0.2) is 0 Å². The minimum atomic E-state index is -0.300. The number of hydrogen-bond donors (Lipinski definition) is 1. The van der Waals surface area contributed by atoms with Crippen molar-refractivity contribution in [3.63, 3.8) is 0 Å². The SMILES string of the molecule is Cc1cc(C#CCO)ccc1OC1CC(C)(C)OC1(C)C. The van der Waals surface area contributed by atoms with Crippen LogP contribution in [0, 0.1) is 18.8 Å². The predicted molar refractivity (Wildman–Crippen MR) is 83.4 cm³/mol. The van der Waals surface area contributed by atoms with E-state index in [2.05, 4.69) is 39.5 Å². The summed E-state index contributed by atoms with van der Waals surface area (Å²) in [5, 5.41) is 8.74. The van der Waals surface area contributed by atoms with Gasteiger partial charge in [-0.1, -0.05) is 11.8 Å². The molecule has 0 amide bonds. The average molecular weight is 288 g/mol. The summed E-state index contributed by atoms with van der Waals surface area (Å²) in [5.41, 5.74) is 1.47. The molecule has 0 radical (unpaired) electrons. The topological polar surface area (TPSA) is 38.7 Å². The quantitative estimate of drug-likeness (QED) is 0.850. The van der Waals surface area contributed by atoms with Gasteiger partial charge in [-0.3, -0.25) is 0 Å². The lowest BCUT2D eigenvalue weighted by Gasteiger charge is -2.28. The van der Waals surface area contributed by atoms with Gasteiger partial charge in [-0.15, -0.1) is 0 Å². The number of ether oxygens (including phenoxy) is 2. The van der Waals surface area contributed by atoms with E-state index in [4.69, 9.17) is 14.6 Å². The van der Waals surface area contributed by atoms with Gasteiger partial charge in [0, 0.05) is 12.0 Å². The van der Waals surface area contributed by atoms with Crippen LogP contribution in [0.4, 0.5) is 0 Å². The largest absolute Gasteiger partial charge is 0.487 e. The summed E-state index contributed by atoms with van der Waals surface area (Å²) in [4.78, 5) is 0. The molecule has 1 fully saturated rings. The van der Waals surface area contributed by atoms with Gasteiger partial charge >= 0.3 is 0 Å². The highest BCUT2D eigenvalue weighted by Gasteiger charge is 2.47. The molecule has 3 nitrogen and oxygen atoms in total. The molecule has 0 saturated carbocycles. The standard InChI is InChI=1S/C18H24O3/c1-13-11-14(7-6-10-19)8-9-15(13)20-16-12-17(2,3)21-18(16,4)5/h8-9,11,16,19H,10,12H2,1-5H3. The number of aryl methyl sites for hydroxylation is 1. The highest BCUT2D eigenvalue weighted by molar-refractivity contribution is 5.43. The van der Waals surface area contributed by atoms with E-state index in [1.807, 2.05) is 25.1 Å². The number of rotatable bonds is 2. The minimum absolute atomic E-state index is 0.0283. The van der Waals surface area contributed by atoms with Gasteiger partial charge in [0.2, 0.25) is 0 Å². The lowest BCUT2D eigenvalue weighted by atomic mass is 9.97. The Balaban J connectivity index is 2.17. The molecule has 3 heteroatoms. The molecular weight excluding hydrogens is 264 g/mol. The van der Waals surface area contributed by atoms with Crippen LogP contribution in [0.2, 0.25) is 0 Å². The van der Waals surface area contributed by atoms with Crippen LogP contribution in [0.3, 0.4) is 0 Å². The first kappa shape index (κ1) is 15.9. The third-order valence-corrected chi connectivity index (χ3v) is 3.75. The summed E-state index contributed by atoms with van der Waals surface area (Å²) in [6.07, 6.45) is 0.895. The molecule has 1 atom stereocenters. The normalized spacial score (nSPS) is 22.5. The van der Waals surface area contributed by atoms with Crippen molar-refractivity contribution in [2.75, 3.05) is 6.61 Å². The Kier molecular flexibility index (Phi) is 4.32. The Morgan fingerprint density at radius 1 is 1.33 bits per heavy atom. The van der Waals surface area contributed by atoms with E-state index in [1.54, 1.807) is 0 Å². The number of hydrogen-bond acceptors (Lipinski definition) is 3. The molecule has 0 spiro atoms. The first-order chi connectivity index (χ1) is 9.73. The Labute approximate surface area is 127 Å². The zero-order chi connectivity index (χ0) is 15.7. The van der Waals surface area contributed by atoms with Gasteiger partial charge in [-0.05, 0) is 58.4 Å². The van der Waals surface area contributed by atoms with Gasteiger partial charge in [0.25, 0.3) is 0 Å². The van der Waals surface area contributed by atoms with E-state index in [1.165, 1.54) is 0 Å². The van der Waals surface area contributed by atoms with Crippen molar-refractivity contribution >= 4 is 0 Å². The molecule has 1 aromatic rings. The van der Waals surface area contributed by atoms with E-state index in [0.29, 0.717) is 0 Å². The monoisotopic (exact) mass is 288 g/mol. The van der Waals surface area contributed by atoms with Gasteiger partial charge in [-0.2, -0.15) is 0 Å². The summed E-state index contributed by atoms with van der Waals surface area (Å²) in [6, 6.07) is 5.84. The fourth-order valence-electron chi connectivity index (χ4n) is 2.85. The summed E-state index contributed by atoms with van der Waals surface area (Å²) in [6.45, 7) is 10.2. The third kappa shape index (κ3) is 3.78. The van der Waals surface area contributed by atoms with Crippen molar-refractivity contribution in [2.45, 2.75) is 58.3 Å². The van der Waals surface area contributed by atoms with Crippen molar-refractivity contribution in [2.24, 2.45) is 0 Å². The summed E-state index contributed by atoms with van der Waals surface area (Å²) >= 11 is 0. The van der Waals surface area contributed by atoms with E-state index in [9.17, 15) is 0 Å². The van der Waals surface area contributed by atoms with Crippen molar-refractivity contribution < 1.29 is 14.6 Å². The Bertz CT molecular complexity index is 576. The molecule has 1 aliphatic heterocycles. The molecule has 114 valence electrons. The molecule has 1 aliphatic rings. The summed E-state index contributed by atoms with van der Waals surface area (Å²) < 4.78 is 12.3. The zero-order valence-electron chi connectivity index (χ0n) is 13.5. The van der Waals surface area contributed by atoms with E-state index >= 15 is 0 Å². The molecule has 1 saturated heterocycles. The Morgan fingerprint density at radius 3 is 2.57 bits per heavy atom. The zero-order valence-corrected chi connectivity index (χ0v) is 13.5. The van der Waals surface area contributed by atoms with Crippen LogP contribution >= 0.6 is 0 Å². The molecule has 2 rings (SSSR count). The molecule has 0 bridgehead atoms. The summed E-state index contributed by atoms with van der Waals surface area (Å²) in [5.74, 6) is 6.42. The number of aliphatic hydroxyl groups is 1. The van der Waals surface area contributed by atoms with Crippen LogP contribution in [0.5, 0.6) is 5.75 Å². The van der Waals surface area contributed by atoms with E-state index in [0.717, 1.165) is 23.3 Å². The van der Waals surface area contributed by atoms with Gasteiger partial charge in [0.05, 0.1) is 5.60 Å². The second kappa shape index (κ2) is 5.71. The predicted octanol–water partition coefficient (Wildman–Crippen LogP) is 3.06. The average Bonchev–Trinajstić information content (AvgIpc) is 2.57. The molecule has 0 aliphatic carbocycles. The van der Waals surface area contributed by atoms with Crippen molar-refractivity contribution in [1.82, 2.24) is 0 Å². The van der Waals surface area contributed by atoms with Gasteiger partial charge < -0.3 is 14.6 Å². The van der Waals surface area contributed by atoms with Crippen LogP contribution < -0.4 is 4.74 Å². The molecule has 1 heterocycles. The first-order valence-electron chi connectivity index (χ1n) is 7.31. The highest BCUT2D eigenvalue weighted by atomic mass is 16.6. The number of aliphatic hydroxyl groups excluding tert-OH is 1. The van der Waals surface area contributed by atoms with Crippen LogP contribution in [0.25, 0.3) is 0 Å². The Morgan fingerprint density at radius 2 is 2.05 bits per heavy atom. The molecule has 1 unspecified atom stereocenters. The fourth-order valence-corrected chi connectivity index (χ4v) is 2.85. The smallest absolute Gasteiger partial charge is 0.130 e. The maximum absolute atomic E-state index is 8.74. The summed E-state index contributed by atoms with van der Waals surface area (Å²) in [7, 11) is 0. The van der Waals surface area contributed by atoms with E-state index < -0.39 is 0 Å². The molecule has 1 N–H and O–H groups in total. The lowest BCUT2D eigenvalue weighted by Crippen LogP contribution is -2.36. The molecular formula is C18H24O3. The lowest BCUT2D eigenvalue weighted by molar-refractivity contribution is -0.0846. The van der Waals surface area contributed by atoms with Crippen LogP contribution in [0.15, 0.2) is 18.2 Å². The molecule has 21 heavy (non-hydrogen) atoms. The fraction of sp³-hybridized carbons (Fsp3) is 0.556. The molecule has 0 aromatic heterocycles. The molecule has 1 aromatic carbocycles. The van der Waals surface area contributed by atoms with Crippen molar-refractivity contribution in [1.29, 1.82) is 0 Å². The highest BCUT2D eigenvalue weighted by Crippen LogP contribution is 2.40. The van der Waals surface area contributed by atoms with Crippen molar-refractivity contribution in [3.8, 4) is 17.6 Å². The van der Waals surface area contributed by atoms with Gasteiger partial charge in [0.1, 0.15) is 24.1 Å². The minimum Gasteiger partial charge on any atom is -0.487 e. The Hall–Kier alpha value is -1.50. The van der Waals surface area contributed by atoms with Crippen molar-refractivity contribution in [3.05, 3.63) is 29.3 Å². The first-order valence-corrected chi connectivity index (χ1v) is 7.31. The second-order valence-corrected chi connectivity index (χ2v) is 6.72. The van der Waals surface area contributed by atoms with Crippen LogP contribution in [-0.4, -0.2) is 29.0 Å². The maximum atomic E-state index is 8.74.